The first kappa shape index (κ1) is 20.9. The number of halogens is 1. The zero-order valence-electron chi connectivity index (χ0n) is 17.4. The SMILES string of the molecule is COc1cc(C(=O)N2CCCC(c3nc4ccccc4s3)C2)cc(Cl)c1OC(C)C. The lowest BCUT2D eigenvalue weighted by Gasteiger charge is -2.32. The maximum absolute atomic E-state index is 13.3. The Morgan fingerprint density at radius 2 is 2.10 bits per heavy atom. The van der Waals surface area contributed by atoms with Crippen molar-refractivity contribution in [2.45, 2.75) is 38.7 Å². The third-order valence-corrected chi connectivity index (χ3v) is 6.68. The first-order chi connectivity index (χ1) is 14.5. The maximum atomic E-state index is 13.3. The van der Waals surface area contributed by atoms with Crippen LogP contribution in [0.4, 0.5) is 0 Å². The second kappa shape index (κ2) is 8.82. The van der Waals surface area contributed by atoms with Crippen molar-refractivity contribution in [3.05, 3.63) is 52.0 Å². The van der Waals surface area contributed by atoms with Gasteiger partial charge in [0.05, 0.1) is 33.5 Å². The zero-order chi connectivity index (χ0) is 21.3. The number of ether oxygens (including phenoxy) is 2. The summed E-state index contributed by atoms with van der Waals surface area (Å²) in [5.41, 5.74) is 1.54. The monoisotopic (exact) mass is 444 g/mol. The van der Waals surface area contributed by atoms with Crippen LogP contribution < -0.4 is 9.47 Å². The van der Waals surface area contributed by atoms with Gasteiger partial charge < -0.3 is 14.4 Å². The summed E-state index contributed by atoms with van der Waals surface area (Å²) in [4.78, 5) is 20.0. The maximum Gasteiger partial charge on any atom is 0.254 e. The molecule has 0 spiro atoms. The summed E-state index contributed by atoms with van der Waals surface area (Å²) in [6, 6.07) is 11.6. The quantitative estimate of drug-likeness (QED) is 0.501. The molecule has 3 aromatic rings. The van der Waals surface area contributed by atoms with E-state index in [1.54, 1.807) is 30.6 Å². The summed E-state index contributed by atoms with van der Waals surface area (Å²) in [7, 11) is 1.55. The molecule has 0 N–H and O–H groups in total. The molecule has 0 aliphatic carbocycles. The highest BCUT2D eigenvalue weighted by Crippen LogP contribution is 2.38. The molecule has 0 bridgehead atoms. The number of aromatic nitrogens is 1. The molecule has 2 heterocycles. The van der Waals surface area contributed by atoms with E-state index in [-0.39, 0.29) is 17.9 Å². The number of methoxy groups -OCH3 is 1. The number of carbonyl (C=O) groups excluding carboxylic acids is 1. The van der Waals surface area contributed by atoms with Gasteiger partial charge in [-0.25, -0.2) is 4.98 Å². The van der Waals surface area contributed by atoms with Gasteiger partial charge in [-0.3, -0.25) is 4.79 Å². The van der Waals surface area contributed by atoms with Gasteiger partial charge in [-0.2, -0.15) is 0 Å². The van der Waals surface area contributed by atoms with Crippen molar-refractivity contribution in [3.8, 4) is 11.5 Å². The summed E-state index contributed by atoms with van der Waals surface area (Å²) in [5.74, 6) is 1.15. The van der Waals surface area contributed by atoms with Crippen LogP contribution in [0.2, 0.25) is 5.02 Å². The molecule has 2 aromatic carbocycles. The largest absolute Gasteiger partial charge is 0.493 e. The molecule has 0 saturated carbocycles. The molecule has 1 aliphatic heterocycles. The Morgan fingerprint density at radius 1 is 1.30 bits per heavy atom. The normalized spacial score (nSPS) is 16.8. The Bertz CT molecular complexity index is 1030. The molecule has 1 unspecified atom stereocenters. The number of rotatable bonds is 5. The predicted molar refractivity (Wildman–Crippen MR) is 121 cm³/mol. The van der Waals surface area contributed by atoms with E-state index in [9.17, 15) is 4.79 Å². The van der Waals surface area contributed by atoms with E-state index in [2.05, 4.69) is 6.07 Å². The third kappa shape index (κ3) is 4.25. The highest BCUT2D eigenvalue weighted by atomic mass is 35.5. The average Bonchev–Trinajstić information content (AvgIpc) is 3.18. The van der Waals surface area contributed by atoms with Crippen LogP contribution in [0.25, 0.3) is 10.2 Å². The average molecular weight is 445 g/mol. The van der Waals surface area contributed by atoms with Crippen LogP contribution >= 0.6 is 22.9 Å². The van der Waals surface area contributed by atoms with Crippen molar-refractivity contribution in [2.75, 3.05) is 20.2 Å². The molecule has 1 atom stereocenters. The molecule has 30 heavy (non-hydrogen) atoms. The highest BCUT2D eigenvalue weighted by molar-refractivity contribution is 7.18. The minimum atomic E-state index is -0.0467. The number of hydrogen-bond donors (Lipinski definition) is 0. The van der Waals surface area contributed by atoms with Crippen LogP contribution in [0, 0.1) is 0 Å². The van der Waals surface area contributed by atoms with Gasteiger partial charge in [-0.1, -0.05) is 23.7 Å². The van der Waals surface area contributed by atoms with E-state index < -0.39 is 0 Å². The van der Waals surface area contributed by atoms with Crippen molar-refractivity contribution < 1.29 is 14.3 Å². The van der Waals surface area contributed by atoms with E-state index in [0.29, 0.717) is 28.6 Å². The highest BCUT2D eigenvalue weighted by Gasteiger charge is 2.28. The van der Waals surface area contributed by atoms with Crippen LogP contribution in [0.15, 0.2) is 36.4 Å². The van der Waals surface area contributed by atoms with Crippen LogP contribution in [0.1, 0.15) is 48.0 Å². The molecule has 1 amide bonds. The second-order valence-electron chi connectivity index (χ2n) is 7.77. The van der Waals surface area contributed by atoms with Crippen LogP contribution in [-0.4, -0.2) is 42.1 Å². The van der Waals surface area contributed by atoms with Gasteiger partial charge in [0.2, 0.25) is 0 Å². The number of amides is 1. The van der Waals surface area contributed by atoms with Gasteiger partial charge in [0.15, 0.2) is 11.5 Å². The van der Waals surface area contributed by atoms with Crippen LogP contribution in [0.3, 0.4) is 0 Å². The standard InChI is InChI=1S/C23H25ClN2O3S/c1-14(2)29-21-17(24)11-16(12-19(21)28-3)23(27)26-10-6-7-15(13-26)22-25-18-8-4-5-9-20(18)30-22/h4-5,8-9,11-12,14-15H,6-7,10,13H2,1-3H3. The Kier molecular flexibility index (Phi) is 6.16. The lowest BCUT2D eigenvalue weighted by Crippen LogP contribution is -2.39. The van der Waals surface area contributed by atoms with Gasteiger partial charge in [-0.05, 0) is 51.0 Å². The van der Waals surface area contributed by atoms with Crippen molar-refractivity contribution >= 4 is 39.1 Å². The molecule has 4 rings (SSSR count). The van der Waals surface area contributed by atoms with E-state index >= 15 is 0 Å². The molecule has 158 valence electrons. The lowest BCUT2D eigenvalue weighted by atomic mass is 9.98. The Balaban J connectivity index is 1.56. The van der Waals surface area contributed by atoms with Crippen LogP contribution in [0.5, 0.6) is 11.5 Å². The second-order valence-corrected chi connectivity index (χ2v) is 9.24. The van der Waals surface area contributed by atoms with Gasteiger partial charge >= 0.3 is 0 Å². The van der Waals surface area contributed by atoms with Crippen molar-refractivity contribution in [2.24, 2.45) is 0 Å². The molecule has 7 heteroatoms. The van der Waals surface area contributed by atoms with E-state index in [1.165, 1.54) is 4.70 Å². The van der Waals surface area contributed by atoms with Crippen molar-refractivity contribution in [1.82, 2.24) is 9.88 Å². The van der Waals surface area contributed by atoms with Crippen molar-refractivity contribution in [1.29, 1.82) is 0 Å². The van der Waals surface area contributed by atoms with E-state index in [1.807, 2.05) is 36.9 Å². The van der Waals surface area contributed by atoms with Crippen molar-refractivity contribution in [3.63, 3.8) is 0 Å². The number of thiazole rings is 1. The molecule has 1 aromatic heterocycles. The number of piperidine rings is 1. The Labute approximate surface area is 185 Å². The molecule has 1 saturated heterocycles. The lowest BCUT2D eigenvalue weighted by molar-refractivity contribution is 0.0706. The Morgan fingerprint density at radius 3 is 2.83 bits per heavy atom. The number of fused-ring (bicyclic) bond motifs is 1. The first-order valence-corrected chi connectivity index (χ1v) is 11.3. The number of benzene rings is 2. The van der Waals surface area contributed by atoms with E-state index in [4.69, 9.17) is 26.1 Å². The smallest absolute Gasteiger partial charge is 0.254 e. The summed E-state index contributed by atoms with van der Waals surface area (Å²) >= 11 is 8.15. The molecule has 1 fully saturated rings. The number of para-hydroxylation sites is 1. The molecular weight excluding hydrogens is 420 g/mol. The fraction of sp³-hybridized carbons (Fsp3) is 0.391. The van der Waals surface area contributed by atoms with E-state index in [0.717, 1.165) is 29.9 Å². The topological polar surface area (TPSA) is 51.7 Å². The number of hydrogen-bond acceptors (Lipinski definition) is 5. The van der Waals surface area contributed by atoms with Gasteiger partial charge in [-0.15, -0.1) is 11.3 Å². The number of likely N-dealkylation sites (tertiary alicyclic amines) is 1. The Hall–Kier alpha value is -2.31. The van der Waals surface area contributed by atoms with Gasteiger partial charge in [0.25, 0.3) is 5.91 Å². The van der Waals surface area contributed by atoms with Crippen LogP contribution in [-0.2, 0) is 0 Å². The summed E-state index contributed by atoms with van der Waals surface area (Å²) in [5, 5.41) is 1.48. The summed E-state index contributed by atoms with van der Waals surface area (Å²) < 4.78 is 12.4. The molecule has 0 radical (unpaired) electrons. The molecular formula is C23H25ClN2O3S. The minimum absolute atomic E-state index is 0.0443. The molecule has 1 aliphatic rings. The number of nitrogens with zero attached hydrogens (tertiary/aromatic N) is 2. The summed E-state index contributed by atoms with van der Waals surface area (Å²) in [6.07, 6.45) is 1.94. The fourth-order valence-corrected chi connectivity index (χ4v) is 5.15. The zero-order valence-corrected chi connectivity index (χ0v) is 18.9. The summed E-state index contributed by atoms with van der Waals surface area (Å²) in [6.45, 7) is 5.22. The fourth-order valence-electron chi connectivity index (χ4n) is 3.80. The number of carbonyl (C=O) groups is 1. The van der Waals surface area contributed by atoms with Gasteiger partial charge in [0, 0.05) is 24.6 Å². The third-order valence-electron chi connectivity index (χ3n) is 5.20. The first-order valence-electron chi connectivity index (χ1n) is 10.1. The predicted octanol–water partition coefficient (Wildman–Crippen LogP) is 5.77. The van der Waals surface area contributed by atoms with Gasteiger partial charge in [0.1, 0.15) is 0 Å². The minimum Gasteiger partial charge on any atom is -0.493 e. The molecule has 5 nitrogen and oxygen atoms in total.